The van der Waals surface area contributed by atoms with Gasteiger partial charge in [0.1, 0.15) is 11.5 Å². The number of nitrogens with one attached hydrogen (secondary N) is 3. The normalized spacial score (nSPS) is 12.3. The van der Waals surface area contributed by atoms with E-state index in [9.17, 15) is 4.39 Å². The van der Waals surface area contributed by atoms with Gasteiger partial charge in [-0.1, -0.05) is 26.0 Å². The van der Waals surface area contributed by atoms with Gasteiger partial charge in [-0.15, -0.1) is 0 Å². The molecule has 0 aliphatic rings. The molecule has 2 heterocycles. The number of hydrogen-bond donors (Lipinski definition) is 4. The van der Waals surface area contributed by atoms with E-state index in [0.29, 0.717) is 24.8 Å². The molecule has 0 aliphatic carbocycles. The summed E-state index contributed by atoms with van der Waals surface area (Å²) >= 11 is 0. The van der Waals surface area contributed by atoms with Crippen LogP contribution >= 0.6 is 0 Å². The van der Waals surface area contributed by atoms with Crippen molar-refractivity contribution in [1.29, 1.82) is 0 Å². The fourth-order valence-electron chi connectivity index (χ4n) is 5.89. The van der Waals surface area contributed by atoms with Crippen LogP contribution in [0, 0.1) is 5.82 Å². The highest BCUT2D eigenvalue weighted by molar-refractivity contribution is 5.66. The minimum Gasteiger partial charge on any atom is -0.491 e. The fraction of sp³-hybridized carbons (Fsp3) is 0.385. The Morgan fingerprint density at radius 3 is 2.22 bits per heavy atom. The first-order valence-corrected chi connectivity index (χ1v) is 17.4. The van der Waals surface area contributed by atoms with Crippen LogP contribution in [0.3, 0.4) is 0 Å². The van der Waals surface area contributed by atoms with Gasteiger partial charge in [-0.3, -0.25) is 15.1 Å². The number of nitrogens with two attached hydrogens (primary N) is 1. The van der Waals surface area contributed by atoms with Crippen LogP contribution < -0.4 is 20.5 Å². The lowest BCUT2D eigenvalue weighted by atomic mass is 9.97. The van der Waals surface area contributed by atoms with Crippen molar-refractivity contribution in [3.63, 3.8) is 0 Å². The minimum absolute atomic E-state index is 0.0253. The third kappa shape index (κ3) is 10.0. The summed E-state index contributed by atoms with van der Waals surface area (Å²) in [5, 5.41) is 18.5. The van der Waals surface area contributed by atoms with Crippen LogP contribution in [0.2, 0.25) is 0 Å². The number of para-hydroxylation sites is 1. The Hall–Kier alpha value is -4.55. The van der Waals surface area contributed by atoms with Gasteiger partial charge in [0.15, 0.2) is 11.6 Å². The molecule has 0 radical (unpaired) electrons. The molecular weight excluding hydrogens is 631 g/mol. The van der Waals surface area contributed by atoms with Crippen molar-refractivity contribution in [3.05, 3.63) is 102 Å². The van der Waals surface area contributed by atoms with Crippen LogP contribution in [0.25, 0.3) is 22.5 Å². The highest BCUT2D eigenvalue weighted by Crippen LogP contribution is 2.32. The van der Waals surface area contributed by atoms with Gasteiger partial charge in [-0.05, 0) is 93.5 Å². The third-order valence-electron chi connectivity index (χ3n) is 8.71. The monoisotopic (exact) mass is 682 g/mol. The van der Waals surface area contributed by atoms with Gasteiger partial charge >= 0.3 is 0 Å². The van der Waals surface area contributed by atoms with E-state index in [0.717, 1.165) is 78.5 Å². The van der Waals surface area contributed by atoms with Crippen LogP contribution in [0.4, 0.5) is 4.39 Å². The van der Waals surface area contributed by atoms with Crippen LogP contribution in [0.15, 0.2) is 79.1 Å². The number of halogens is 1. The Labute approximate surface area is 295 Å². The first kappa shape index (κ1) is 36.7. The summed E-state index contributed by atoms with van der Waals surface area (Å²) in [6, 6.07) is 20.4. The summed E-state index contributed by atoms with van der Waals surface area (Å²) in [5.41, 5.74) is 13.3. The topological polar surface area (TPSA) is 120 Å². The number of nitrogens with zero attached hydrogens (tertiary/aromatic N) is 4. The van der Waals surface area contributed by atoms with E-state index in [-0.39, 0.29) is 11.9 Å². The van der Waals surface area contributed by atoms with Gasteiger partial charge in [0.25, 0.3) is 0 Å². The number of ether oxygens (including phenoxy) is 2. The molecule has 0 bridgehead atoms. The summed E-state index contributed by atoms with van der Waals surface area (Å²) in [7, 11) is 4.10. The molecule has 5 aromatic rings. The van der Waals surface area contributed by atoms with E-state index in [4.69, 9.17) is 15.2 Å². The standard InChI is InChI=1S/C39H51FN8O2/c1-27(2)30-20-31(39-32(23-43-46-39)25-47(5)19-16-42-4)22-35(21-30)49-28(3)14-17-48(18-15-41)26-33-24-44-45-38(33)29-10-12-34(13-11-29)50-37-9-7-6-8-36(37)40/h6-13,20-24,27-28,42H,14-19,25-26,41H2,1-5H3,(H,43,46)(H,44,45). The number of hydrogen-bond acceptors (Lipinski definition) is 8. The quantitative estimate of drug-likeness (QED) is 0.0752. The Morgan fingerprint density at radius 2 is 1.54 bits per heavy atom. The van der Waals surface area contributed by atoms with E-state index in [1.807, 2.05) is 43.7 Å². The van der Waals surface area contributed by atoms with Crippen molar-refractivity contribution >= 4 is 0 Å². The van der Waals surface area contributed by atoms with Crippen LogP contribution in [-0.2, 0) is 13.1 Å². The van der Waals surface area contributed by atoms with Gasteiger partial charge in [0, 0.05) is 80.5 Å². The maximum atomic E-state index is 14.1. The minimum atomic E-state index is -0.401. The second-order valence-corrected chi connectivity index (χ2v) is 13.1. The predicted molar refractivity (Wildman–Crippen MR) is 198 cm³/mol. The first-order valence-electron chi connectivity index (χ1n) is 17.4. The van der Waals surface area contributed by atoms with E-state index in [2.05, 4.69) is 81.5 Å². The molecule has 5 N–H and O–H groups in total. The number of rotatable bonds is 19. The van der Waals surface area contributed by atoms with Crippen molar-refractivity contribution < 1.29 is 13.9 Å². The van der Waals surface area contributed by atoms with Crippen molar-refractivity contribution in [2.75, 3.05) is 46.8 Å². The number of aromatic nitrogens is 4. The number of aromatic amines is 2. The van der Waals surface area contributed by atoms with Crippen LogP contribution in [0.5, 0.6) is 17.2 Å². The molecule has 5 rings (SSSR count). The average Bonchev–Trinajstić information content (AvgIpc) is 3.77. The van der Waals surface area contributed by atoms with E-state index in [1.54, 1.807) is 18.2 Å². The summed E-state index contributed by atoms with van der Waals surface area (Å²) in [4.78, 5) is 4.62. The third-order valence-corrected chi connectivity index (χ3v) is 8.71. The SMILES string of the molecule is CNCCN(C)Cc1c[nH]nc1-c1cc(OC(C)CCN(CCN)Cc2c[nH]nc2-c2ccc(Oc3ccccc3F)cc2)cc(C(C)C)c1. The lowest BCUT2D eigenvalue weighted by Gasteiger charge is -2.24. The van der Waals surface area contributed by atoms with Crippen molar-refractivity contribution in [2.45, 2.75) is 52.3 Å². The maximum Gasteiger partial charge on any atom is 0.165 e. The molecule has 0 saturated carbocycles. The Balaban J connectivity index is 1.22. The predicted octanol–water partition coefficient (Wildman–Crippen LogP) is 6.79. The van der Waals surface area contributed by atoms with Gasteiger partial charge in [-0.25, -0.2) is 4.39 Å². The first-order chi connectivity index (χ1) is 24.2. The molecule has 50 heavy (non-hydrogen) atoms. The Kier molecular flexibility index (Phi) is 13.2. The van der Waals surface area contributed by atoms with E-state index in [1.165, 1.54) is 11.6 Å². The summed E-state index contributed by atoms with van der Waals surface area (Å²) < 4.78 is 26.4. The molecule has 2 aromatic heterocycles. The molecule has 0 spiro atoms. The fourth-order valence-corrected chi connectivity index (χ4v) is 5.89. The molecule has 10 nitrogen and oxygen atoms in total. The molecular formula is C39H51FN8O2. The van der Waals surface area contributed by atoms with Crippen molar-refractivity contribution in [2.24, 2.45) is 5.73 Å². The van der Waals surface area contributed by atoms with Gasteiger partial charge in [0.2, 0.25) is 0 Å². The van der Waals surface area contributed by atoms with E-state index >= 15 is 0 Å². The highest BCUT2D eigenvalue weighted by Gasteiger charge is 2.18. The molecule has 1 unspecified atom stereocenters. The van der Waals surface area contributed by atoms with Crippen molar-refractivity contribution in [1.82, 2.24) is 35.5 Å². The van der Waals surface area contributed by atoms with E-state index < -0.39 is 5.82 Å². The average molecular weight is 683 g/mol. The lowest BCUT2D eigenvalue weighted by molar-refractivity contribution is 0.174. The number of H-pyrrole nitrogens is 2. The molecule has 0 amide bonds. The molecule has 266 valence electrons. The second-order valence-electron chi connectivity index (χ2n) is 13.1. The lowest BCUT2D eigenvalue weighted by Crippen LogP contribution is -2.32. The number of benzene rings is 3. The summed E-state index contributed by atoms with van der Waals surface area (Å²) in [6.07, 6.45) is 4.72. The molecule has 1 atom stereocenters. The Morgan fingerprint density at radius 1 is 0.840 bits per heavy atom. The maximum absolute atomic E-state index is 14.1. The highest BCUT2D eigenvalue weighted by atomic mass is 19.1. The molecule has 0 saturated heterocycles. The van der Waals surface area contributed by atoms with Crippen LogP contribution in [0.1, 0.15) is 49.8 Å². The summed E-state index contributed by atoms with van der Waals surface area (Å²) in [6.45, 7) is 12.0. The van der Waals surface area contributed by atoms with Crippen molar-refractivity contribution in [3.8, 4) is 39.8 Å². The zero-order chi connectivity index (χ0) is 35.5. The molecule has 0 fully saturated rings. The zero-order valence-corrected chi connectivity index (χ0v) is 29.9. The molecule has 11 heteroatoms. The summed E-state index contributed by atoms with van der Waals surface area (Å²) in [5.74, 6) is 1.53. The largest absolute Gasteiger partial charge is 0.491 e. The van der Waals surface area contributed by atoms with Gasteiger partial charge in [0.05, 0.1) is 17.5 Å². The Bertz CT molecular complexity index is 1770. The molecule has 3 aromatic carbocycles. The molecule has 0 aliphatic heterocycles. The van der Waals surface area contributed by atoms with Crippen LogP contribution in [-0.4, -0.2) is 83.1 Å². The number of likely N-dealkylation sites (N-methyl/N-ethyl adjacent to an activating group) is 2. The van der Waals surface area contributed by atoms with Gasteiger partial charge in [-0.2, -0.15) is 10.2 Å². The zero-order valence-electron chi connectivity index (χ0n) is 29.9. The smallest absolute Gasteiger partial charge is 0.165 e. The second kappa shape index (κ2) is 17.9. The van der Waals surface area contributed by atoms with Gasteiger partial charge < -0.3 is 25.4 Å².